The first-order chi connectivity index (χ1) is 12.0. The van der Waals surface area contributed by atoms with Crippen LogP contribution in [0.1, 0.15) is 36.3 Å². The van der Waals surface area contributed by atoms with Gasteiger partial charge >= 0.3 is 12.1 Å². The van der Waals surface area contributed by atoms with E-state index < -0.39 is 29.0 Å². The zero-order chi connectivity index (χ0) is 19.5. The second kappa shape index (κ2) is 7.10. The van der Waals surface area contributed by atoms with Crippen LogP contribution in [0.25, 0.3) is 5.82 Å². The van der Waals surface area contributed by atoms with Crippen LogP contribution in [0.4, 0.5) is 13.2 Å². The first-order valence-corrected chi connectivity index (χ1v) is 7.48. The molecule has 11 heteroatoms. The summed E-state index contributed by atoms with van der Waals surface area (Å²) in [4.78, 5) is 26.6. The van der Waals surface area contributed by atoms with Crippen LogP contribution in [0.15, 0.2) is 24.5 Å². The van der Waals surface area contributed by atoms with Crippen molar-refractivity contribution < 1.29 is 27.9 Å². The van der Waals surface area contributed by atoms with E-state index in [2.05, 4.69) is 20.6 Å². The average Bonchev–Trinajstić information content (AvgIpc) is 3.04. The monoisotopic (exact) mass is 371 g/mol. The van der Waals surface area contributed by atoms with Crippen LogP contribution in [0.2, 0.25) is 0 Å². The fourth-order valence-electron chi connectivity index (χ4n) is 1.86. The first-order valence-electron chi connectivity index (χ1n) is 7.48. The number of nitrogens with one attached hydrogen (secondary N) is 1. The number of amides is 1. The van der Waals surface area contributed by atoms with E-state index >= 15 is 0 Å². The van der Waals surface area contributed by atoms with Gasteiger partial charge in [-0.25, -0.2) is 9.67 Å². The highest BCUT2D eigenvalue weighted by molar-refractivity contribution is 5.91. The van der Waals surface area contributed by atoms with E-state index in [0.29, 0.717) is 6.20 Å². The Morgan fingerprint density at radius 3 is 2.50 bits per heavy atom. The first kappa shape index (κ1) is 19.3. The van der Waals surface area contributed by atoms with Crippen LogP contribution in [-0.2, 0) is 11.0 Å². The molecule has 0 aromatic carbocycles. The molecule has 8 nitrogen and oxygen atoms in total. The molecule has 2 rings (SSSR count). The summed E-state index contributed by atoms with van der Waals surface area (Å²) >= 11 is 0. The highest BCUT2D eigenvalue weighted by atomic mass is 19.4. The number of carboxylic acid groups (broad SMARTS) is 1. The quantitative estimate of drug-likeness (QED) is 0.803. The van der Waals surface area contributed by atoms with Crippen LogP contribution < -0.4 is 5.32 Å². The Morgan fingerprint density at radius 1 is 1.27 bits per heavy atom. The Kier molecular flexibility index (Phi) is 5.28. The van der Waals surface area contributed by atoms with Crippen molar-refractivity contribution in [2.24, 2.45) is 5.41 Å². The zero-order valence-electron chi connectivity index (χ0n) is 13.9. The van der Waals surface area contributed by atoms with Crippen molar-refractivity contribution >= 4 is 11.9 Å². The van der Waals surface area contributed by atoms with Gasteiger partial charge in [0.25, 0.3) is 5.91 Å². The molecule has 0 atom stereocenters. The van der Waals surface area contributed by atoms with Gasteiger partial charge < -0.3 is 10.4 Å². The molecule has 0 aliphatic rings. The standard InChI is InChI=1S/C15H16F3N5O3/c1-14(2,13(25)26)5-6-19-12(24)10-8-23(22-21-10)11-4-3-9(7-20-11)15(16,17)18/h3-4,7-8H,5-6H2,1-2H3,(H,19,24)(H,25,26). The van der Waals surface area contributed by atoms with Crippen LogP contribution in [0.5, 0.6) is 0 Å². The number of aliphatic carboxylic acids is 1. The van der Waals surface area contributed by atoms with E-state index in [0.717, 1.165) is 16.8 Å². The van der Waals surface area contributed by atoms with Gasteiger partial charge in [0.15, 0.2) is 11.5 Å². The number of pyridine rings is 1. The summed E-state index contributed by atoms with van der Waals surface area (Å²) in [5.41, 5.74) is -1.96. The van der Waals surface area contributed by atoms with Gasteiger partial charge in [0, 0.05) is 12.7 Å². The molecule has 0 saturated heterocycles. The summed E-state index contributed by atoms with van der Waals surface area (Å²) in [5, 5.41) is 18.8. The normalized spacial score (nSPS) is 12.0. The fraction of sp³-hybridized carbons (Fsp3) is 0.400. The van der Waals surface area contributed by atoms with Crippen molar-refractivity contribution in [3.05, 3.63) is 35.8 Å². The van der Waals surface area contributed by atoms with Gasteiger partial charge in [-0.15, -0.1) is 5.10 Å². The molecule has 26 heavy (non-hydrogen) atoms. The molecular weight excluding hydrogens is 355 g/mol. The summed E-state index contributed by atoms with van der Waals surface area (Å²) < 4.78 is 38.6. The molecule has 0 bridgehead atoms. The third-order valence-corrected chi connectivity index (χ3v) is 3.65. The minimum atomic E-state index is -4.50. The largest absolute Gasteiger partial charge is 0.481 e. The third kappa shape index (κ3) is 4.55. The van der Waals surface area contributed by atoms with Crippen LogP contribution >= 0.6 is 0 Å². The smallest absolute Gasteiger partial charge is 0.417 e. The minimum Gasteiger partial charge on any atom is -0.481 e. The molecule has 1 amide bonds. The maximum atomic E-state index is 12.5. The lowest BCUT2D eigenvalue weighted by Gasteiger charge is -2.18. The van der Waals surface area contributed by atoms with Gasteiger partial charge in [-0.2, -0.15) is 13.2 Å². The number of carboxylic acids is 1. The highest BCUT2D eigenvalue weighted by Gasteiger charge is 2.31. The number of nitrogens with zero attached hydrogens (tertiary/aromatic N) is 4. The van der Waals surface area contributed by atoms with Gasteiger partial charge in [-0.1, -0.05) is 5.21 Å². The summed E-state index contributed by atoms with van der Waals surface area (Å²) in [5.74, 6) is -1.49. The maximum Gasteiger partial charge on any atom is 0.417 e. The number of halogens is 3. The fourth-order valence-corrected chi connectivity index (χ4v) is 1.86. The summed E-state index contributed by atoms with van der Waals surface area (Å²) in [6.45, 7) is 3.19. The molecule has 0 saturated carbocycles. The van der Waals surface area contributed by atoms with E-state index in [1.807, 2.05) is 0 Å². The molecule has 2 aromatic rings. The molecule has 0 fully saturated rings. The van der Waals surface area contributed by atoms with Crippen molar-refractivity contribution in [3.63, 3.8) is 0 Å². The van der Waals surface area contributed by atoms with Gasteiger partial charge in [-0.05, 0) is 32.4 Å². The van der Waals surface area contributed by atoms with Gasteiger partial charge in [0.05, 0.1) is 17.2 Å². The Morgan fingerprint density at radius 2 is 1.96 bits per heavy atom. The highest BCUT2D eigenvalue weighted by Crippen LogP contribution is 2.28. The zero-order valence-corrected chi connectivity index (χ0v) is 13.9. The summed E-state index contributed by atoms with van der Waals surface area (Å²) in [6.07, 6.45) is -2.41. The molecule has 140 valence electrons. The maximum absolute atomic E-state index is 12.5. The Hall–Kier alpha value is -2.98. The van der Waals surface area contributed by atoms with Crippen molar-refractivity contribution in [2.45, 2.75) is 26.4 Å². The third-order valence-electron chi connectivity index (χ3n) is 3.65. The van der Waals surface area contributed by atoms with Crippen molar-refractivity contribution in [3.8, 4) is 5.82 Å². The molecule has 2 aromatic heterocycles. The van der Waals surface area contributed by atoms with E-state index in [9.17, 15) is 22.8 Å². The van der Waals surface area contributed by atoms with Crippen LogP contribution in [0.3, 0.4) is 0 Å². The topological polar surface area (TPSA) is 110 Å². The number of carbonyl (C=O) groups is 2. The molecule has 0 aliphatic carbocycles. The minimum absolute atomic E-state index is 0.0663. The number of alkyl halides is 3. The average molecular weight is 371 g/mol. The second-order valence-electron chi connectivity index (χ2n) is 6.15. The van der Waals surface area contributed by atoms with E-state index in [1.54, 1.807) is 0 Å². The molecule has 2 heterocycles. The van der Waals surface area contributed by atoms with Crippen molar-refractivity contribution in [1.29, 1.82) is 0 Å². The van der Waals surface area contributed by atoms with Crippen LogP contribution in [-0.4, -0.2) is 43.5 Å². The predicted octanol–water partition coefficient (Wildman–Crippen LogP) is 1.91. The summed E-state index contributed by atoms with van der Waals surface area (Å²) in [6, 6.07) is 1.95. The lowest BCUT2D eigenvalue weighted by Crippen LogP contribution is -2.32. The number of hydrogen-bond donors (Lipinski definition) is 2. The molecule has 0 unspecified atom stereocenters. The molecule has 0 spiro atoms. The Balaban J connectivity index is 2.01. The lowest BCUT2D eigenvalue weighted by atomic mass is 9.90. The van der Waals surface area contributed by atoms with Crippen LogP contribution in [0, 0.1) is 5.41 Å². The number of hydrogen-bond acceptors (Lipinski definition) is 5. The Labute approximate surface area is 146 Å². The molecule has 2 N–H and O–H groups in total. The van der Waals surface area contributed by atoms with E-state index in [4.69, 9.17) is 5.11 Å². The summed E-state index contributed by atoms with van der Waals surface area (Å²) in [7, 11) is 0. The van der Waals surface area contributed by atoms with E-state index in [-0.39, 0.29) is 24.5 Å². The molecule has 0 radical (unpaired) electrons. The Bertz CT molecular complexity index is 800. The number of carbonyl (C=O) groups excluding carboxylic acids is 1. The van der Waals surface area contributed by atoms with Gasteiger partial charge in [0.1, 0.15) is 0 Å². The molecule has 0 aliphatic heterocycles. The van der Waals surface area contributed by atoms with Crippen molar-refractivity contribution in [1.82, 2.24) is 25.3 Å². The number of rotatable bonds is 6. The predicted molar refractivity (Wildman–Crippen MR) is 82.5 cm³/mol. The van der Waals surface area contributed by atoms with Crippen molar-refractivity contribution in [2.75, 3.05) is 6.54 Å². The van der Waals surface area contributed by atoms with E-state index in [1.165, 1.54) is 20.0 Å². The molecular formula is C15H16F3N5O3. The lowest BCUT2D eigenvalue weighted by molar-refractivity contribution is -0.147. The number of aromatic nitrogens is 4. The van der Waals surface area contributed by atoms with Gasteiger partial charge in [0.2, 0.25) is 0 Å². The SMILES string of the molecule is CC(C)(CCNC(=O)c1cn(-c2ccc(C(F)(F)F)cn2)nn1)C(=O)O. The second-order valence-corrected chi connectivity index (χ2v) is 6.15. The van der Waals surface area contributed by atoms with Gasteiger partial charge in [-0.3, -0.25) is 9.59 Å².